The van der Waals surface area contributed by atoms with Gasteiger partial charge in [0.2, 0.25) is 0 Å². The Morgan fingerprint density at radius 2 is 2.29 bits per heavy atom. The molecule has 0 aromatic carbocycles. The van der Waals surface area contributed by atoms with Crippen LogP contribution in [0, 0.1) is 0 Å². The summed E-state index contributed by atoms with van der Waals surface area (Å²) in [5, 5.41) is 10.5. The van der Waals surface area contributed by atoms with Crippen molar-refractivity contribution in [3.63, 3.8) is 0 Å². The van der Waals surface area contributed by atoms with Gasteiger partial charge in [0.25, 0.3) is 10.1 Å². The number of hydrogen-bond donors (Lipinski definition) is 0. The summed E-state index contributed by atoms with van der Waals surface area (Å²) in [5.74, 6) is 0. The third-order valence-corrected chi connectivity index (χ3v) is 2.65. The van der Waals surface area contributed by atoms with Gasteiger partial charge in [0.15, 0.2) is 0 Å². The average Bonchev–Trinajstić information content (AvgIpc) is 2.46. The van der Waals surface area contributed by atoms with E-state index in [-0.39, 0.29) is 6.61 Å². The second-order valence-electron chi connectivity index (χ2n) is 3.24. The van der Waals surface area contributed by atoms with E-state index in [1.54, 1.807) is 0 Å². The Balaban J connectivity index is 2.48. The Labute approximate surface area is 82.6 Å². The van der Waals surface area contributed by atoms with Crippen LogP contribution in [-0.2, 0) is 14.3 Å². The van der Waals surface area contributed by atoms with Gasteiger partial charge in [-0.2, -0.15) is 8.42 Å². The second kappa shape index (κ2) is 4.14. The molecule has 1 fully saturated rings. The first kappa shape index (κ1) is 11.3. The number of carboxylic acid groups (broad SMARTS) is 1. The zero-order valence-electron chi connectivity index (χ0n) is 7.80. The highest BCUT2D eigenvalue weighted by atomic mass is 32.2. The molecule has 1 rings (SSSR count). The Kier molecular flexibility index (Phi) is 3.33. The maximum Gasteiger partial charge on any atom is 0.264 e. The molecule has 0 aromatic heterocycles. The molecule has 1 saturated heterocycles. The first-order chi connectivity index (χ1) is 6.40. The maximum absolute atomic E-state index is 10.7. The summed E-state index contributed by atoms with van der Waals surface area (Å²) in [6, 6.07) is -0.394. The van der Waals surface area contributed by atoms with Crippen LogP contribution in [0.3, 0.4) is 0 Å². The van der Waals surface area contributed by atoms with Crippen LogP contribution >= 0.6 is 0 Å². The standard InChI is InChI=1S/C7H13NO5S/c1-14(11,12)13-5-6-3-2-4-8(6)7(9)10/h6H,2-5H2,1H3,(H,9,10)/p-1. The summed E-state index contributed by atoms with van der Waals surface area (Å²) in [6.45, 7) is 0.271. The summed E-state index contributed by atoms with van der Waals surface area (Å²) in [7, 11) is -3.50. The first-order valence-electron chi connectivity index (χ1n) is 4.22. The summed E-state index contributed by atoms with van der Waals surface area (Å²) in [6.07, 6.45) is 0.991. The van der Waals surface area contributed by atoms with Crippen LogP contribution in [0.25, 0.3) is 0 Å². The van der Waals surface area contributed by atoms with Crippen molar-refractivity contribution in [3.05, 3.63) is 0 Å². The van der Waals surface area contributed by atoms with Crippen LogP contribution in [0.1, 0.15) is 12.8 Å². The zero-order chi connectivity index (χ0) is 10.8. The Bertz CT molecular complexity index is 312. The molecule has 1 aliphatic rings. The molecule has 1 heterocycles. The molecule has 0 saturated carbocycles. The molecule has 1 aliphatic heterocycles. The predicted molar refractivity (Wildman–Crippen MR) is 45.9 cm³/mol. The molecule has 7 heteroatoms. The molecule has 1 amide bonds. The Hall–Kier alpha value is -0.820. The summed E-state index contributed by atoms with van der Waals surface area (Å²) in [5.41, 5.74) is 0. The van der Waals surface area contributed by atoms with Crippen LogP contribution in [0.4, 0.5) is 4.79 Å². The largest absolute Gasteiger partial charge is 0.530 e. The maximum atomic E-state index is 10.7. The van der Waals surface area contributed by atoms with Crippen LogP contribution in [0.5, 0.6) is 0 Å². The molecule has 0 radical (unpaired) electrons. The van der Waals surface area contributed by atoms with Crippen molar-refractivity contribution in [1.82, 2.24) is 4.90 Å². The van der Waals surface area contributed by atoms with Crippen molar-refractivity contribution < 1.29 is 22.5 Å². The van der Waals surface area contributed by atoms with Crippen LogP contribution in [0.2, 0.25) is 0 Å². The van der Waals surface area contributed by atoms with Crippen LogP contribution in [0.15, 0.2) is 0 Å². The number of nitrogens with zero attached hydrogens (tertiary/aromatic N) is 1. The second-order valence-corrected chi connectivity index (χ2v) is 4.89. The molecular formula is C7H12NO5S-. The minimum Gasteiger partial charge on any atom is -0.530 e. The number of likely N-dealkylation sites (tertiary alicyclic amines) is 1. The van der Waals surface area contributed by atoms with Crippen molar-refractivity contribution in [2.75, 3.05) is 19.4 Å². The van der Waals surface area contributed by atoms with E-state index >= 15 is 0 Å². The number of carbonyl (C=O) groups excluding carboxylic acids is 1. The van der Waals surface area contributed by atoms with Gasteiger partial charge >= 0.3 is 0 Å². The molecule has 0 bridgehead atoms. The third kappa shape index (κ3) is 3.15. The van der Waals surface area contributed by atoms with Gasteiger partial charge in [-0.25, -0.2) is 0 Å². The number of hydrogen-bond acceptors (Lipinski definition) is 5. The number of rotatable bonds is 3. The number of carbonyl (C=O) groups is 1. The molecule has 0 aliphatic carbocycles. The van der Waals surface area contributed by atoms with E-state index in [2.05, 4.69) is 4.18 Å². The predicted octanol–water partition coefficient (Wildman–Crippen LogP) is -1.23. The van der Waals surface area contributed by atoms with Gasteiger partial charge in [0, 0.05) is 6.54 Å². The van der Waals surface area contributed by atoms with Gasteiger partial charge in [0.05, 0.1) is 18.9 Å². The van der Waals surface area contributed by atoms with Gasteiger partial charge in [0.1, 0.15) is 6.09 Å². The van der Waals surface area contributed by atoms with E-state index in [4.69, 9.17) is 0 Å². The van der Waals surface area contributed by atoms with Crippen molar-refractivity contribution in [2.45, 2.75) is 18.9 Å². The lowest BCUT2D eigenvalue weighted by Crippen LogP contribution is -2.45. The highest BCUT2D eigenvalue weighted by molar-refractivity contribution is 7.85. The normalized spacial score (nSPS) is 22.6. The SMILES string of the molecule is CS(=O)(=O)OCC1CCCN1C(=O)[O-]. The summed E-state index contributed by atoms with van der Waals surface area (Å²) < 4.78 is 25.9. The van der Waals surface area contributed by atoms with E-state index in [1.807, 2.05) is 0 Å². The smallest absolute Gasteiger partial charge is 0.264 e. The van der Waals surface area contributed by atoms with Crippen molar-refractivity contribution >= 4 is 16.2 Å². The van der Waals surface area contributed by atoms with E-state index in [9.17, 15) is 18.3 Å². The molecule has 0 spiro atoms. The lowest BCUT2D eigenvalue weighted by molar-refractivity contribution is -0.266. The van der Waals surface area contributed by atoms with Crippen LogP contribution < -0.4 is 5.11 Å². The van der Waals surface area contributed by atoms with Gasteiger partial charge in [-0.1, -0.05) is 0 Å². The van der Waals surface area contributed by atoms with E-state index in [1.165, 1.54) is 0 Å². The fraction of sp³-hybridized carbons (Fsp3) is 0.857. The monoisotopic (exact) mass is 222 g/mol. The van der Waals surface area contributed by atoms with E-state index < -0.39 is 22.3 Å². The van der Waals surface area contributed by atoms with Gasteiger partial charge < -0.3 is 14.8 Å². The molecule has 6 nitrogen and oxygen atoms in total. The van der Waals surface area contributed by atoms with E-state index in [0.717, 1.165) is 11.2 Å². The molecule has 14 heavy (non-hydrogen) atoms. The average molecular weight is 222 g/mol. The Morgan fingerprint density at radius 3 is 2.79 bits per heavy atom. The topological polar surface area (TPSA) is 86.7 Å². The molecule has 0 aromatic rings. The third-order valence-electron chi connectivity index (χ3n) is 2.09. The van der Waals surface area contributed by atoms with Crippen molar-refractivity contribution in [1.29, 1.82) is 0 Å². The fourth-order valence-electron chi connectivity index (χ4n) is 1.45. The summed E-state index contributed by atoms with van der Waals surface area (Å²) in [4.78, 5) is 11.6. The van der Waals surface area contributed by atoms with E-state index in [0.29, 0.717) is 19.4 Å². The lowest BCUT2D eigenvalue weighted by atomic mass is 10.2. The first-order valence-corrected chi connectivity index (χ1v) is 6.04. The molecule has 1 atom stereocenters. The zero-order valence-corrected chi connectivity index (χ0v) is 8.62. The molecule has 82 valence electrons. The van der Waals surface area contributed by atoms with Gasteiger partial charge in [-0.15, -0.1) is 0 Å². The highest BCUT2D eigenvalue weighted by Gasteiger charge is 2.25. The van der Waals surface area contributed by atoms with Gasteiger partial charge in [-0.05, 0) is 12.8 Å². The van der Waals surface area contributed by atoms with Crippen molar-refractivity contribution in [2.24, 2.45) is 0 Å². The van der Waals surface area contributed by atoms with Crippen molar-refractivity contribution in [3.8, 4) is 0 Å². The quantitative estimate of drug-likeness (QED) is 0.558. The lowest BCUT2D eigenvalue weighted by Gasteiger charge is -2.26. The minimum absolute atomic E-state index is 0.118. The van der Waals surface area contributed by atoms with Crippen LogP contribution in [-0.4, -0.2) is 44.9 Å². The Morgan fingerprint density at radius 1 is 1.64 bits per heavy atom. The minimum atomic E-state index is -3.50. The molecule has 1 unspecified atom stereocenters. The fourth-order valence-corrected chi connectivity index (χ4v) is 1.86. The molecular weight excluding hydrogens is 210 g/mol. The van der Waals surface area contributed by atoms with Gasteiger partial charge in [-0.3, -0.25) is 4.18 Å². The molecule has 0 N–H and O–H groups in total. The number of amides is 1. The summed E-state index contributed by atoms with van der Waals surface area (Å²) >= 11 is 0. The highest BCUT2D eigenvalue weighted by Crippen LogP contribution is 2.17.